The fourth-order valence-electron chi connectivity index (χ4n) is 1.57. The van der Waals surface area contributed by atoms with E-state index < -0.39 is 11.4 Å². The summed E-state index contributed by atoms with van der Waals surface area (Å²) in [7, 11) is 0. The number of aromatic nitrogens is 2. The first kappa shape index (κ1) is 16.2. The van der Waals surface area contributed by atoms with Crippen LogP contribution in [-0.4, -0.2) is 33.7 Å². The van der Waals surface area contributed by atoms with Crippen LogP contribution in [0.25, 0.3) is 11.4 Å². The minimum absolute atomic E-state index is 0.0746. The molecule has 22 heavy (non-hydrogen) atoms. The number of hydrogen-bond acceptors (Lipinski definition) is 6. The van der Waals surface area contributed by atoms with Crippen LogP contribution in [0, 0.1) is 5.41 Å². The van der Waals surface area contributed by atoms with E-state index in [0.717, 1.165) is 5.56 Å². The summed E-state index contributed by atoms with van der Waals surface area (Å²) in [5.74, 6) is -0.313. The van der Waals surface area contributed by atoms with Crippen LogP contribution < -0.4 is 5.32 Å². The minimum atomic E-state index is -0.994. The number of carbonyl (C=O) groups excluding carboxylic acids is 1. The van der Waals surface area contributed by atoms with E-state index >= 15 is 0 Å². The second-order valence-electron chi connectivity index (χ2n) is 5.49. The molecule has 0 saturated heterocycles. The lowest BCUT2D eigenvalue weighted by Crippen LogP contribution is -2.38. The van der Waals surface area contributed by atoms with E-state index in [2.05, 4.69) is 15.5 Å². The Kier molecular flexibility index (Phi) is 4.92. The zero-order valence-electron chi connectivity index (χ0n) is 12.3. The molecule has 0 saturated carbocycles. The summed E-state index contributed by atoms with van der Waals surface area (Å²) in [6, 6.07) is 1.89. The van der Waals surface area contributed by atoms with Crippen molar-refractivity contribution in [2.75, 3.05) is 6.54 Å². The van der Waals surface area contributed by atoms with Gasteiger partial charge in [-0.25, -0.2) is 0 Å². The molecule has 0 aliphatic heterocycles. The Bertz CT molecular complexity index is 649. The predicted molar refractivity (Wildman–Crippen MR) is 80.4 cm³/mol. The van der Waals surface area contributed by atoms with Crippen molar-refractivity contribution in [1.82, 2.24) is 15.5 Å². The van der Waals surface area contributed by atoms with Gasteiger partial charge in [-0.05, 0) is 25.3 Å². The van der Waals surface area contributed by atoms with Crippen molar-refractivity contribution >= 4 is 23.2 Å². The predicted octanol–water partition coefficient (Wildman–Crippen LogP) is 1.96. The van der Waals surface area contributed by atoms with Gasteiger partial charge in [0.2, 0.25) is 17.6 Å². The number of carboxylic acids is 1. The molecule has 0 unspecified atom stereocenters. The molecule has 2 rings (SSSR count). The Hall–Kier alpha value is -2.22. The minimum Gasteiger partial charge on any atom is -0.481 e. The van der Waals surface area contributed by atoms with Crippen molar-refractivity contribution in [3.8, 4) is 11.4 Å². The number of carbonyl (C=O) groups is 2. The maximum absolute atomic E-state index is 11.7. The number of thiophene rings is 1. The molecule has 0 radical (unpaired) electrons. The SMILES string of the molecule is CC(C)(CNC(=O)CCc1nc(-c2ccsc2)no1)C(=O)O. The van der Waals surface area contributed by atoms with Gasteiger partial charge in [-0.2, -0.15) is 16.3 Å². The van der Waals surface area contributed by atoms with Gasteiger partial charge in [0.1, 0.15) is 0 Å². The molecule has 0 aliphatic carbocycles. The average Bonchev–Trinajstić information content (AvgIpc) is 3.13. The van der Waals surface area contributed by atoms with Crippen LogP contribution in [0.3, 0.4) is 0 Å². The lowest BCUT2D eigenvalue weighted by atomic mass is 9.94. The molecule has 2 aromatic rings. The molecule has 0 atom stereocenters. The molecule has 0 aromatic carbocycles. The summed E-state index contributed by atoms with van der Waals surface area (Å²) in [6.45, 7) is 3.19. The molecule has 1 amide bonds. The average molecular weight is 323 g/mol. The molecular formula is C14H17N3O4S. The summed E-state index contributed by atoms with van der Waals surface area (Å²) in [5, 5.41) is 19.3. The maximum atomic E-state index is 11.7. The van der Waals surface area contributed by atoms with E-state index in [9.17, 15) is 9.59 Å². The van der Waals surface area contributed by atoms with E-state index in [1.54, 1.807) is 13.8 Å². The van der Waals surface area contributed by atoms with Crippen LogP contribution in [0.4, 0.5) is 0 Å². The maximum Gasteiger partial charge on any atom is 0.310 e. The third kappa shape index (κ3) is 4.14. The van der Waals surface area contributed by atoms with Crippen molar-refractivity contribution in [1.29, 1.82) is 0 Å². The molecule has 0 fully saturated rings. The molecule has 7 nitrogen and oxygen atoms in total. The molecule has 2 N–H and O–H groups in total. The van der Waals surface area contributed by atoms with Gasteiger partial charge in [-0.1, -0.05) is 5.16 Å². The van der Waals surface area contributed by atoms with Crippen molar-refractivity contribution in [3.63, 3.8) is 0 Å². The number of rotatable bonds is 7. The Morgan fingerprint density at radius 3 is 2.86 bits per heavy atom. The first-order valence-corrected chi connectivity index (χ1v) is 7.68. The molecule has 8 heteroatoms. The van der Waals surface area contributed by atoms with Crippen molar-refractivity contribution in [2.24, 2.45) is 5.41 Å². The zero-order valence-corrected chi connectivity index (χ0v) is 13.1. The number of nitrogens with one attached hydrogen (secondary N) is 1. The van der Waals surface area contributed by atoms with Crippen LogP contribution in [0.1, 0.15) is 26.2 Å². The van der Waals surface area contributed by atoms with E-state index in [-0.39, 0.29) is 18.9 Å². The number of nitrogens with zero attached hydrogens (tertiary/aromatic N) is 2. The first-order chi connectivity index (χ1) is 10.4. The van der Waals surface area contributed by atoms with Crippen molar-refractivity contribution < 1.29 is 19.2 Å². The standard InChI is InChI=1S/C14H17N3O4S/c1-14(2,13(19)20)8-15-10(18)3-4-11-16-12(17-21-11)9-5-6-22-7-9/h5-7H,3-4,8H2,1-2H3,(H,15,18)(H,19,20). The topological polar surface area (TPSA) is 105 Å². The lowest BCUT2D eigenvalue weighted by Gasteiger charge is -2.19. The van der Waals surface area contributed by atoms with Gasteiger partial charge in [0.25, 0.3) is 0 Å². The molecule has 0 aliphatic rings. The van der Waals surface area contributed by atoms with Crippen LogP contribution in [-0.2, 0) is 16.0 Å². The van der Waals surface area contributed by atoms with Crippen molar-refractivity contribution in [2.45, 2.75) is 26.7 Å². The van der Waals surface area contributed by atoms with E-state index in [1.807, 2.05) is 16.8 Å². The largest absolute Gasteiger partial charge is 0.481 e. The summed E-state index contributed by atoms with van der Waals surface area (Å²) in [4.78, 5) is 26.9. The van der Waals surface area contributed by atoms with Crippen LogP contribution in [0.2, 0.25) is 0 Å². The summed E-state index contributed by atoms with van der Waals surface area (Å²) in [6.07, 6.45) is 0.484. The van der Waals surface area contributed by atoms with E-state index in [0.29, 0.717) is 18.1 Å². The lowest BCUT2D eigenvalue weighted by molar-refractivity contribution is -0.146. The second-order valence-corrected chi connectivity index (χ2v) is 6.27. The van der Waals surface area contributed by atoms with Gasteiger partial charge in [0.05, 0.1) is 5.41 Å². The summed E-state index contributed by atoms with van der Waals surface area (Å²) in [5.41, 5.74) is -0.112. The van der Waals surface area contributed by atoms with Crippen molar-refractivity contribution in [3.05, 3.63) is 22.7 Å². The molecular weight excluding hydrogens is 306 g/mol. The normalized spacial score (nSPS) is 11.4. The van der Waals surface area contributed by atoms with Gasteiger partial charge >= 0.3 is 5.97 Å². The molecule has 0 spiro atoms. The van der Waals surface area contributed by atoms with Crippen LogP contribution in [0.5, 0.6) is 0 Å². The number of hydrogen-bond donors (Lipinski definition) is 2. The van der Waals surface area contributed by atoms with Crippen LogP contribution >= 0.6 is 11.3 Å². The van der Waals surface area contributed by atoms with Gasteiger partial charge in [0.15, 0.2) is 0 Å². The van der Waals surface area contributed by atoms with Gasteiger partial charge in [0, 0.05) is 30.3 Å². The molecule has 2 aromatic heterocycles. The highest BCUT2D eigenvalue weighted by Crippen LogP contribution is 2.19. The van der Waals surface area contributed by atoms with E-state index in [4.69, 9.17) is 9.63 Å². The smallest absolute Gasteiger partial charge is 0.310 e. The fourth-order valence-corrected chi connectivity index (χ4v) is 2.20. The Labute approximate surface area is 131 Å². The van der Waals surface area contributed by atoms with Gasteiger partial charge < -0.3 is 14.9 Å². The van der Waals surface area contributed by atoms with Crippen LogP contribution in [0.15, 0.2) is 21.3 Å². The Morgan fingerprint density at radius 1 is 1.45 bits per heavy atom. The first-order valence-electron chi connectivity index (χ1n) is 6.74. The molecule has 2 heterocycles. The monoisotopic (exact) mass is 323 g/mol. The highest BCUT2D eigenvalue weighted by atomic mass is 32.1. The second kappa shape index (κ2) is 6.69. The third-order valence-corrected chi connectivity index (χ3v) is 3.80. The summed E-state index contributed by atoms with van der Waals surface area (Å²) >= 11 is 1.54. The Morgan fingerprint density at radius 2 is 2.23 bits per heavy atom. The highest BCUT2D eigenvalue weighted by molar-refractivity contribution is 7.08. The number of aryl methyl sites for hydroxylation is 1. The fraction of sp³-hybridized carbons (Fsp3) is 0.429. The zero-order chi connectivity index (χ0) is 16.2. The van der Waals surface area contributed by atoms with Gasteiger partial charge in [-0.15, -0.1) is 0 Å². The summed E-state index contributed by atoms with van der Waals surface area (Å²) < 4.78 is 5.09. The number of aliphatic carboxylic acids is 1. The number of amides is 1. The van der Waals surface area contributed by atoms with E-state index in [1.165, 1.54) is 11.3 Å². The quantitative estimate of drug-likeness (QED) is 0.807. The molecule has 118 valence electrons. The molecule has 0 bridgehead atoms. The third-order valence-electron chi connectivity index (χ3n) is 3.12. The van der Waals surface area contributed by atoms with Gasteiger partial charge in [-0.3, -0.25) is 9.59 Å². The highest BCUT2D eigenvalue weighted by Gasteiger charge is 2.27. The Balaban J connectivity index is 1.81. The number of carboxylic acid groups (broad SMARTS) is 1.